The predicted octanol–water partition coefficient (Wildman–Crippen LogP) is 1.02. The van der Waals surface area contributed by atoms with E-state index in [9.17, 15) is 9.59 Å². The molecule has 114 valence electrons. The molecule has 21 heavy (non-hydrogen) atoms. The summed E-state index contributed by atoms with van der Waals surface area (Å²) in [4.78, 5) is 25.8. The molecule has 1 fully saturated rings. The molecule has 0 unspecified atom stereocenters. The van der Waals surface area contributed by atoms with Gasteiger partial charge in [-0.15, -0.1) is 0 Å². The van der Waals surface area contributed by atoms with Crippen LogP contribution in [-0.2, 0) is 4.79 Å². The molecule has 6 nitrogen and oxygen atoms in total. The number of hydrogen-bond acceptors (Lipinski definition) is 4. The maximum absolute atomic E-state index is 12.0. The Labute approximate surface area is 124 Å². The van der Waals surface area contributed by atoms with Crippen LogP contribution < -0.4 is 15.8 Å². The number of piperidine rings is 1. The topological polar surface area (TPSA) is 84.7 Å². The van der Waals surface area contributed by atoms with E-state index in [4.69, 9.17) is 10.5 Å². The zero-order chi connectivity index (χ0) is 15.2. The van der Waals surface area contributed by atoms with E-state index >= 15 is 0 Å². The van der Waals surface area contributed by atoms with E-state index in [0.29, 0.717) is 17.0 Å². The minimum atomic E-state index is -0.307. The zero-order valence-electron chi connectivity index (χ0n) is 12.2. The number of anilines is 1. The zero-order valence-corrected chi connectivity index (χ0v) is 12.2. The van der Waals surface area contributed by atoms with Crippen molar-refractivity contribution < 1.29 is 14.3 Å². The van der Waals surface area contributed by atoms with Gasteiger partial charge in [-0.25, -0.2) is 0 Å². The highest BCUT2D eigenvalue weighted by Crippen LogP contribution is 2.21. The average Bonchev–Trinajstić information content (AvgIpc) is 2.53. The molecule has 1 saturated heterocycles. The maximum Gasteiger partial charge on any atom is 0.251 e. The number of nitrogens with zero attached hydrogens (tertiary/aromatic N) is 1. The fraction of sp³-hybridized carbons (Fsp3) is 0.467. The largest absolute Gasteiger partial charge is 0.495 e. The highest BCUT2D eigenvalue weighted by molar-refractivity contribution is 5.97. The fourth-order valence-electron chi connectivity index (χ4n) is 2.37. The lowest BCUT2D eigenvalue weighted by atomic mass is 10.1. The first-order valence-corrected chi connectivity index (χ1v) is 7.11. The Morgan fingerprint density at radius 3 is 2.67 bits per heavy atom. The quantitative estimate of drug-likeness (QED) is 0.811. The predicted molar refractivity (Wildman–Crippen MR) is 80.2 cm³/mol. The van der Waals surface area contributed by atoms with Crippen molar-refractivity contribution in [2.75, 3.05) is 32.5 Å². The van der Waals surface area contributed by atoms with Gasteiger partial charge in [-0.05, 0) is 37.5 Å². The molecule has 1 aliphatic heterocycles. The number of carbonyl (C=O) groups is 2. The lowest BCUT2D eigenvalue weighted by Gasteiger charge is -2.26. The second kappa shape index (κ2) is 6.97. The molecule has 0 radical (unpaired) electrons. The van der Waals surface area contributed by atoms with Gasteiger partial charge in [0.2, 0.25) is 5.91 Å². The van der Waals surface area contributed by atoms with Crippen LogP contribution in [0.3, 0.4) is 0 Å². The molecule has 1 aliphatic rings. The summed E-state index contributed by atoms with van der Waals surface area (Å²) < 4.78 is 5.08. The van der Waals surface area contributed by atoms with E-state index in [1.807, 2.05) is 0 Å². The summed E-state index contributed by atoms with van der Waals surface area (Å²) in [7, 11) is 1.49. The van der Waals surface area contributed by atoms with Crippen molar-refractivity contribution >= 4 is 17.5 Å². The number of benzene rings is 1. The summed E-state index contributed by atoms with van der Waals surface area (Å²) in [6.45, 7) is 1.58. The number of likely N-dealkylation sites (tertiary alicyclic amines) is 1. The van der Waals surface area contributed by atoms with Gasteiger partial charge in [-0.1, -0.05) is 0 Å². The third-order valence-corrected chi connectivity index (χ3v) is 3.60. The molecule has 0 aliphatic carbocycles. The summed E-state index contributed by atoms with van der Waals surface area (Å²) >= 11 is 0. The smallest absolute Gasteiger partial charge is 0.251 e. The van der Waals surface area contributed by atoms with Gasteiger partial charge in [-0.2, -0.15) is 0 Å². The second-order valence-electron chi connectivity index (χ2n) is 5.08. The van der Waals surface area contributed by atoms with Crippen molar-refractivity contribution in [3.63, 3.8) is 0 Å². The Kier molecular flexibility index (Phi) is 5.03. The van der Waals surface area contributed by atoms with E-state index in [1.165, 1.54) is 13.5 Å². The van der Waals surface area contributed by atoms with Crippen molar-refractivity contribution in [3.05, 3.63) is 23.8 Å². The standard InChI is InChI=1S/C15H21N3O3/c1-21-13-9-11(5-6-12(13)16)15(20)17-10-14(19)18-7-3-2-4-8-18/h5-6,9H,2-4,7-8,10,16H2,1H3,(H,17,20). The first-order chi connectivity index (χ1) is 10.1. The SMILES string of the molecule is COc1cc(C(=O)NCC(=O)N2CCCCC2)ccc1N. The van der Waals surface area contributed by atoms with E-state index in [2.05, 4.69) is 5.32 Å². The van der Waals surface area contributed by atoms with Crippen molar-refractivity contribution in [3.8, 4) is 5.75 Å². The number of hydrogen-bond donors (Lipinski definition) is 2. The summed E-state index contributed by atoms with van der Waals surface area (Å²) in [5.41, 5.74) is 6.60. The molecular weight excluding hydrogens is 270 g/mol. The van der Waals surface area contributed by atoms with Gasteiger partial charge in [0.1, 0.15) is 5.75 Å². The van der Waals surface area contributed by atoms with Crippen LogP contribution in [0.4, 0.5) is 5.69 Å². The van der Waals surface area contributed by atoms with Crippen LogP contribution >= 0.6 is 0 Å². The van der Waals surface area contributed by atoms with Crippen molar-refractivity contribution in [1.29, 1.82) is 0 Å². The molecule has 0 atom stereocenters. The maximum atomic E-state index is 12.0. The lowest BCUT2D eigenvalue weighted by molar-refractivity contribution is -0.130. The number of nitrogens with one attached hydrogen (secondary N) is 1. The third-order valence-electron chi connectivity index (χ3n) is 3.60. The molecule has 2 amide bonds. The van der Waals surface area contributed by atoms with Crippen LogP contribution in [0.15, 0.2) is 18.2 Å². The molecular formula is C15H21N3O3. The lowest BCUT2D eigenvalue weighted by Crippen LogP contribution is -2.42. The normalized spacial score (nSPS) is 14.6. The number of nitrogen functional groups attached to an aromatic ring is 1. The molecule has 0 spiro atoms. The number of amides is 2. The fourth-order valence-corrected chi connectivity index (χ4v) is 2.37. The van der Waals surface area contributed by atoms with Crippen LogP contribution in [0.1, 0.15) is 29.6 Å². The monoisotopic (exact) mass is 291 g/mol. The van der Waals surface area contributed by atoms with Gasteiger partial charge in [0.25, 0.3) is 5.91 Å². The number of ether oxygens (including phenoxy) is 1. The summed E-state index contributed by atoms with van der Waals surface area (Å²) in [6, 6.07) is 4.79. The Morgan fingerprint density at radius 2 is 2.00 bits per heavy atom. The first kappa shape index (κ1) is 15.2. The number of methoxy groups -OCH3 is 1. The molecule has 2 rings (SSSR count). The average molecular weight is 291 g/mol. The van der Waals surface area contributed by atoms with Crippen LogP contribution in [0.5, 0.6) is 5.75 Å². The van der Waals surface area contributed by atoms with Crippen LogP contribution in [0, 0.1) is 0 Å². The summed E-state index contributed by atoms with van der Waals surface area (Å²) in [6.07, 6.45) is 3.24. The molecule has 1 aromatic carbocycles. The summed E-state index contributed by atoms with van der Waals surface area (Å²) in [5.74, 6) is 0.106. The molecule has 1 heterocycles. The van der Waals surface area contributed by atoms with Crippen molar-refractivity contribution in [1.82, 2.24) is 10.2 Å². The van der Waals surface area contributed by atoms with Crippen molar-refractivity contribution in [2.24, 2.45) is 0 Å². The molecule has 0 saturated carbocycles. The van der Waals surface area contributed by atoms with E-state index in [-0.39, 0.29) is 18.4 Å². The Balaban J connectivity index is 1.90. The van der Waals surface area contributed by atoms with Gasteiger partial charge in [0, 0.05) is 18.7 Å². The minimum absolute atomic E-state index is 0.0194. The Morgan fingerprint density at radius 1 is 1.29 bits per heavy atom. The minimum Gasteiger partial charge on any atom is -0.495 e. The van der Waals surface area contributed by atoms with Crippen molar-refractivity contribution in [2.45, 2.75) is 19.3 Å². The molecule has 6 heteroatoms. The van der Waals surface area contributed by atoms with Gasteiger partial charge >= 0.3 is 0 Å². The number of rotatable bonds is 4. The second-order valence-corrected chi connectivity index (χ2v) is 5.08. The first-order valence-electron chi connectivity index (χ1n) is 7.11. The highest BCUT2D eigenvalue weighted by atomic mass is 16.5. The number of carbonyl (C=O) groups excluding carboxylic acids is 2. The molecule has 3 N–H and O–H groups in total. The number of nitrogens with two attached hydrogens (primary N) is 1. The van der Waals surface area contributed by atoms with Crippen LogP contribution in [0.25, 0.3) is 0 Å². The van der Waals surface area contributed by atoms with Gasteiger partial charge in [0.15, 0.2) is 0 Å². The van der Waals surface area contributed by atoms with Crippen LogP contribution in [0.2, 0.25) is 0 Å². The summed E-state index contributed by atoms with van der Waals surface area (Å²) in [5, 5.41) is 2.64. The highest BCUT2D eigenvalue weighted by Gasteiger charge is 2.17. The van der Waals surface area contributed by atoms with Gasteiger partial charge < -0.3 is 20.7 Å². The van der Waals surface area contributed by atoms with E-state index in [0.717, 1.165) is 25.9 Å². The Hall–Kier alpha value is -2.24. The third kappa shape index (κ3) is 3.87. The van der Waals surface area contributed by atoms with Gasteiger partial charge in [0.05, 0.1) is 19.3 Å². The van der Waals surface area contributed by atoms with Crippen LogP contribution in [-0.4, -0.2) is 43.5 Å². The van der Waals surface area contributed by atoms with E-state index < -0.39 is 0 Å². The molecule has 0 aromatic heterocycles. The van der Waals surface area contributed by atoms with Gasteiger partial charge in [-0.3, -0.25) is 9.59 Å². The van der Waals surface area contributed by atoms with E-state index in [1.54, 1.807) is 23.1 Å². The Bertz CT molecular complexity index is 525. The molecule has 0 bridgehead atoms. The molecule has 1 aromatic rings.